The highest BCUT2D eigenvalue weighted by Crippen LogP contribution is 2.28. The van der Waals surface area contributed by atoms with Crippen LogP contribution in [-0.2, 0) is 4.79 Å². The Hall–Kier alpha value is -2.23. The van der Waals surface area contributed by atoms with Gasteiger partial charge in [0.15, 0.2) is 11.5 Å². The quantitative estimate of drug-likeness (QED) is 0.632. The van der Waals surface area contributed by atoms with Crippen molar-refractivity contribution in [2.75, 3.05) is 13.7 Å². The van der Waals surface area contributed by atoms with Crippen molar-refractivity contribution in [2.24, 2.45) is 0 Å². The number of aliphatic carboxylic acids is 1. The average Bonchev–Trinajstić information content (AvgIpc) is 2.36. The number of hydrogen-bond acceptors (Lipinski definition) is 3. The lowest BCUT2D eigenvalue weighted by Crippen LogP contribution is -1.97. The lowest BCUT2D eigenvalue weighted by atomic mass is 10.2. The van der Waals surface area contributed by atoms with Crippen LogP contribution in [0.3, 0.4) is 0 Å². The van der Waals surface area contributed by atoms with Gasteiger partial charge in [0.1, 0.15) is 6.61 Å². The van der Waals surface area contributed by atoms with Gasteiger partial charge in [-0.3, -0.25) is 0 Å². The third-order valence-electron chi connectivity index (χ3n) is 2.34. The van der Waals surface area contributed by atoms with Crippen LogP contribution in [0.1, 0.15) is 19.4 Å². The molecule has 1 rings (SSSR count). The van der Waals surface area contributed by atoms with Crippen LogP contribution in [0.15, 0.2) is 35.9 Å². The first-order valence-corrected chi connectivity index (χ1v) is 5.88. The molecule has 0 saturated heterocycles. The van der Waals surface area contributed by atoms with E-state index in [-0.39, 0.29) is 0 Å². The molecular weight excluding hydrogens is 244 g/mol. The van der Waals surface area contributed by atoms with Crippen LogP contribution in [0.2, 0.25) is 0 Å². The lowest BCUT2D eigenvalue weighted by Gasteiger charge is -2.10. The number of carboxylic acid groups (broad SMARTS) is 1. The first-order chi connectivity index (χ1) is 9.02. The van der Waals surface area contributed by atoms with Crippen LogP contribution in [0.5, 0.6) is 11.5 Å². The fraction of sp³-hybridized carbons (Fsp3) is 0.267. The second-order valence-electron chi connectivity index (χ2n) is 4.17. The molecule has 0 bridgehead atoms. The summed E-state index contributed by atoms with van der Waals surface area (Å²) in [5.74, 6) is 0.227. The van der Waals surface area contributed by atoms with E-state index in [4.69, 9.17) is 14.6 Å². The van der Waals surface area contributed by atoms with E-state index >= 15 is 0 Å². The molecule has 4 heteroatoms. The number of methoxy groups -OCH3 is 1. The Morgan fingerprint density at radius 2 is 2.05 bits per heavy atom. The largest absolute Gasteiger partial charge is 0.493 e. The van der Waals surface area contributed by atoms with Crippen molar-refractivity contribution in [2.45, 2.75) is 13.8 Å². The van der Waals surface area contributed by atoms with Crippen molar-refractivity contribution < 1.29 is 19.4 Å². The molecule has 1 aromatic rings. The number of ether oxygens (including phenoxy) is 2. The van der Waals surface area contributed by atoms with Gasteiger partial charge in [-0.2, -0.15) is 0 Å². The highest BCUT2D eigenvalue weighted by atomic mass is 16.5. The third-order valence-corrected chi connectivity index (χ3v) is 2.34. The van der Waals surface area contributed by atoms with Gasteiger partial charge >= 0.3 is 5.97 Å². The van der Waals surface area contributed by atoms with Crippen molar-refractivity contribution in [1.82, 2.24) is 0 Å². The van der Waals surface area contributed by atoms with E-state index < -0.39 is 5.97 Å². The van der Waals surface area contributed by atoms with Gasteiger partial charge in [0.25, 0.3) is 0 Å². The van der Waals surface area contributed by atoms with E-state index in [2.05, 4.69) is 0 Å². The summed E-state index contributed by atoms with van der Waals surface area (Å²) in [5, 5.41) is 8.57. The zero-order valence-electron chi connectivity index (χ0n) is 11.3. The van der Waals surface area contributed by atoms with E-state index in [1.807, 2.05) is 19.9 Å². The number of carbonyl (C=O) groups is 1. The molecule has 0 unspecified atom stereocenters. The Morgan fingerprint density at radius 1 is 1.32 bits per heavy atom. The summed E-state index contributed by atoms with van der Waals surface area (Å²) in [4.78, 5) is 10.4. The van der Waals surface area contributed by atoms with Crippen LogP contribution < -0.4 is 9.47 Å². The molecule has 0 amide bonds. The van der Waals surface area contributed by atoms with E-state index in [1.54, 1.807) is 25.3 Å². The van der Waals surface area contributed by atoms with Crippen molar-refractivity contribution in [3.05, 3.63) is 41.5 Å². The monoisotopic (exact) mass is 262 g/mol. The maximum absolute atomic E-state index is 10.4. The van der Waals surface area contributed by atoms with Gasteiger partial charge in [-0.05, 0) is 43.7 Å². The molecular formula is C15H18O4. The molecule has 0 spiro atoms. The predicted octanol–water partition coefficient (Wildman–Crippen LogP) is 3.14. The second-order valence-corrected chi connectivity index (χ2v) is 4.17. The van der Waals surface area contributed by atoms with Crippen LogP contribution >= 0.6 is 0 Å². The summed E-state index contributed by atoms with van der Waals surface area (Å²) in [6, 6.07) is 5.27. The molecule has 0 atom stereocenters. The molecule has 0 aliphatic carbocycles. The summed E-state index contributed by atoms with van der Waals surface area (Å²) in [5.41, 5.74) is 1.92. The van der Waals surface area contributed by atoms with Crippen molar-refractivity contribution in [3.63, 3.8) is 0 Å². The van der Waals surface area contributed by atoms with Crippen LogP contribution in [0.4, 0.5) is 0 Å². The molecule has 4 nitrogen and oxygen atoms in total. The highest BCUT2D eigenvalue weighted by Gasteiger charge is 2.04. The number of allylic oxidation sites excluding steroid dienone is 1. The summed E-state index contributed by atoms with van der Waals surface area (Å²) >= 11 is 0. The number of benzene rings is 1. The van der Waals surface area contributed by atoms with Gasteiger partial charge in [0.2, 0.25) is 0 Å². The lowest BCUT2D eigenvalue weighted by molar-refractivity contribution is -0.131. The number of hydrogen-bond donors (Lipinski definition) is 1. The molecule has 102 valence electrons. The van der Waals surface area contributed by atoms with Gasteiger partial charge in [0.05, 0.1) is 7.11 Å². The standard InChI is InChI=1S/C15H18O4/c1-11(2)8-9-19-13-6-4-12(5-7-15(16)17)10-14(13)18-3/h4-8,10H,9H2,1-3H3,(H,16,17). The Morgan fingerprint density at radius 3 is 2.63 bits per heavy atom. The Kier molecular flexibility index (Phi) is 5.67. The predicted molar refractivity (Wildman–Crippen MR) is 74.6 cm³/mol. The SMILES string of the molecule is COc1cc(C=CC(=O)O)ccc1OCC=C(C)C. The van der Waals surface area contributed by atoms with E-state index in [1.165, 1.54) is 11.6 Å². The van der Waals surface area contributed by atoms with Crippen LogP contribution in [0.25, 0.3) is 6.08 Å². The Bertz CT molecular complexity index is 497. The van der Waals surface area contributed by atoms with E-state index in [0.29, 0.717) is 18.1 Å². The molecule has 1 aromatic carbocycles. The molecule has 0 saturated carbocycles. The Labute approximate surface area is 113 Å². The first-order valence-electron chi connectivity index (χ1n) is 5.88. The van der Waals surface area contributed by atoms with Crippen molar-refractivity contribution in [1.29, 1.82) is 0 Å². The van der Waals surface area contributed by atoms with E-state index in [0.717, 1.165) is 11.6 Å². The maximum Gasteiger partial charge on any atom is 0.328 e. The number of carboxylic acids is 1. The molecule has 0 heterocycles. The minimum atomic E-state index is -0.983. The zero-order chi connectivity index (χ0) is 14.3. The van der Waals surface area contributed by atoms with E-state index in [9.17, 15) is 4.79 Å². The zero-order valence-corrected chi connectivity index (χ0v) is 11.3. The molecule has 0 radical (unpaired) electrons. The topological polar surface area (TPSA) is 55.8 Å². The van der Waals surface area contributed by atoms with Gasteiger partial charge in [-0.25, -0.2) is 4.79 Å². The van der Waals surface area contributed by atoms with Crippen LogP contribution in [-0.4, -0.2) is 24.8 Å². The van der Waals surface area contributed by atoms with Crippen molar-refractivity contribution >= 4 is 12.0 Å². The minimum Gasteiger partial charge on any atom is -0.493 e. The summed E-state index contributed by atoms with van der Waals surface area (Å²) in [6.45, 7) is 4.48. The fourth-order valence-electron chi connectivity index (χ4n) is 1.37. The van der Waals surface area contributed by atoms with Gasteiger partial charge in [0, 0.05) is 6.08 Å². The normalized spacial score (nSPS) is 10.3. The third kappa shape index (κ3) is 5.29. The van der Waals surface area contributed by atoms with Gasteiger partial charge in [-0.15, -0.1) is 0 Å². The first kappa shape index (κ1) is 14.8. The maximum atomic E-state index is 10.4. The summed E-state index contributed by atoms with van der Waals surface area (Å²) < 4.78 is 10.8. The van der Waals surface area contributed by atoms with Crippen molar-refractivity contribution in [3.8, 4) is 11.5 Å². The summed E-state index contributed by atoms with van der Waals surface area (Å²) in [6.07, 6.45) is 4.56. The van der Waals surface area contributed by atoms with Gasteiger partial charge in [-0.1, -0.05) is 11.6 Å². The smallest absolute Gasteiger partial charge is 0.328 e. The number of rotatable bonds is 6. The molecule has 1 N–H and O–H groups in total. The molecule has 0 aliphatic rings. The molecule has 19 heavy (non-hydrogen) atoms. The average molecular weight is 262 g/mol. The minimum absolute atomic E-state index is 0.475. The molecule has 0 fully saturated rings. The molecule has 0 aliphatic heterocycles. The van der Waals surface area contributed by atoms with Gasteiger partial charge < -0.3 is 14.6 Å². The molecule has 0 aromatic heterocycles. The summed E-state index contributed by atoms with van der Waals surface area (Å²) in [7, 11) is 1.55. The fourth-order valence-corrected chi connectivity index (χ4v) is 1.37. The second kappa shape index (κ2) is 7.26. The highest BCUT2D eigenvalue weighted by molar-refractivity contribution is 5.85. The van der Waals surface area contributed by atoms with Crippen LogP contribution in [0, 0.1) is 0 Å². The Balaban J connectivity index is 2.84.